The van der Waals surface area contributed by atoms with Crippen molar-refractivity contribution in [3.8, 4) is 0 Å². The summed E-state index contributed by atoms with van der Waals surface area (Å²) in [6.45, 7) is 6.17. The van der Waals surface area contributed by atoms with Gasteiger partial charge in [0.25, 0.3) is 0 Å². The third-order valence-electron chi connectivity index (χ3n) is 5.87. The number of oxime groups is 2. The van der Waals surface area contributed by atoms with Crippen molar-refractivity contribution in [1.82, 2.24) is 0 Å². The molecule has 4 aromatic carbocycles. The molecular weight excluding hydrogens is 569 g/mol. The van der Waals surface area contributed by atoms with E-state index in [1.54, 1.807) is 37.4 Å². The van der Waals surface area contributed by atoms with Crippen LogP contribution in [0.1, 0.15) is 54.7 Å². The van der Waals surface area contributed by atoms with Gasteiger partial charge in [0.15, 0.2) is 5.78 Å². The summed E-state index contributed by atoms with van der Waals surface area (Å²) in [4.78, 5) is 48.5. The van der Waals surface area contributed by atoms with Gasteiger partial charge in [-0.05, 0) is 97.8 Å². The Morgan fingerprint density at radius 1 is 0.452 bits per heavy atom. The van der Waals surface area contributed by atoms with Gasteiger partial charge in [0.2, 0.25) is 0 Å². The van der Waals surface area contributed by atoms with Crippen molar-refractivity contribution in [2.24, 2.45) is 10.3 Å². The van der Waals surface area contributed by atoms with Crippen molar-refractivity contribution >= 4 is 52.7 Å². The van der Waals surface area contributed by atoms with Crippen molar-refractivity contribution in [1.29, 1.82) is 0 Å². The third-order valence-corrected chi connectivity index (χ3v) is 7.90. The molecule has 0 aliphatic heterocycles. The van der Waals surface area contributed by atoms with Crippen LogP contribution in [0.3, 0.4) is 0 Å². The monoisotopic (exact) mass is 596 g/mol. The normalized spacial score (nSPS) is 11.6. The van der Waals surface area contributed by atoms with Crippen molar-refractivity contribution < 1.29 is 24.1 Å². The maximum atomic E-state index is 13.1. The maximum Gasteiger partial charge on any atom is 0.331 e. The number of hydrogen-bond donors (Lipinski definition) is 0. The third kappa shape index (κ3) is 8.76. The molecule has 4 aromatic rings. The summed E-state index contributed by atoms with van der Waals surface area (Å²) < 4.78 is 0. The number of hydrogen-bond acceptors (Lipinski definition) is 9. The van der Waals surface area contributed by atoms with Gasteiger partial charge in [-0.3, -0.25) is 4.79 Å². The first-order valence-corrected chi connectivity index (χ1v) is 14.6. The molecule has 9 heteroatoms. The Hall–Kier alpha value is -4.47. The Labute approximate surface area is 253 Å². The van der Waals surface area contributed by atoms with E-state index in [-0.39, 0.29) is 5.78 Å². The molecule has 0 amide bonds. The highest BCUT2D eigenvalue weighted by atomic mass is 32.2. The van der Waals surface area contributed by atoms with E-state index in [1.807, 2.05) is 97.1 Å². The fourth-order valence-electron chi connectivity index (χ4n) is 3.69. The minimum Gasteiger partial charge on any atom is -0.318 e. The van der Waals surface area contributed by atoms with Gasteiger partial charge in [-0.25, -0.2) is 9.59 Å². The van der Waals surface area contributed by atoms with Crippen molar-refractivity contribution in [2.75, 3.05) is 0 Å². The van der Waals surface area contributed by atoms with Crippen LogP contribution in [-0.4, -0.2) is 29.1 Å². The first-order chi connectivity index (χ1) is 20.2. The van der Waals surface area contributed by atoms with Crippen LogP contribution < -0.4 is 0 Å². The molecule has 0 spiro atoms. The van der Waals surface area contributed by atoms with Gasteiger partial charge in [-0.1, -0.05) is 58.1 Å². The van der Waals surface area contributed by atoms with Gasteiger partial charge in [-0.15, -0.1) is 0 Å². The highest BCUT2D eigenvalue weighted by molar-refractivity contribution is 7.99. The molecule has 0 N–H and O–H groups in total. The second-order valence-electron chi connectivity index (χ2n) is 9.15. The molecule has 0 saturated heterocycles. The summed E-state index contributed by atoms with van der Waals surface area (Å²) in [6.07, 6.45) is 0. The van der Waals surface area contributed by atoms with Crippen LogP contribution in [0.2, 0.25) is 0 Å². The van der Waals surface area contributed by atoms with Crippen molar-refractivity contribution in [2.45, 2.75) is 47.3 Å². The summed E-state index contributed by atoms with van der Waals surface area (Å²) >= 11 is 3.17. The van der Waals surface area contributed by atoms with E-state index in [0.29, 0.717) is 22.6 Å². The van der Waals surface area contributed by atoms with Crippen LogP contribution in [0.15, 0.2) is 127 Å². The zero-order valence-electron chi connectivity index (χ0n) is 23.5. The van der Waals surface area contributed by atoms with E-state index in [4.69, 9.17) is 9.68 Å². The molecule has 0 unspecified atom stereocenters. The number of carbonyl (C=O) groups excluding carboxylic acids is 3. The predicted octanol–water partition coefficient (Wildman–Crippen LogP) is 7.79. The molecule has 42 heavy (non-hydrogen) atoms. The quantitative estimate of drug-likeness (QED) is 0.0798. The molecule has 0 aliphatic rings. The van der Waals surface area contributed by atoms with E-state index in [2.05, 4.69) is 10.3 Å². The fourth-order valence-corrected chi connectivity index (χ4v) is 5.32. The molecule has 0 radical (unpaired) electrons. The van der Waals surface area contributed by atoms with Gasteiger partial charge in [0, 0.05) is 44.6 Å². The van der Waals surface area contributed by atoms with Crippen LogP contribution in [0.25, 0.3) is 0 Å². The van der Waals surface area contributed by atoms with Gasteiger partial charge >= 0.3 is 11.9 Å². The highest BCUT2D eigenvalue weighted by Crippen LogP contribution is 2.30. The number of ketones is 1. The number of benzene rings is 4. The summed E-state index contributed by atoms with van der Waals surface area (Å²) in [7, 11) is 0. The van der Waals surface area contributed by atoms with E-state index in [0.717, 1.165) is 30.7 Å². The molecule has 0 saturated carbocycles. The maximum absolute atomic E-state index is 13.1. The van der Waals surface area contributed by atoms with E-state index in [9.17, 15) is 14.4 Å². The Morgan fingerprint density at radius 2 is 0.714 bits per heavy atom. The lowest BCUT2D eigenvalue weighted by atomic mass is 10.0. The molecule has 212 valence electrons. The van der Waals surface area contributed by atoms with Gasteiger partial charge < -0.3 is 9.68 Å². The molecule has 0 aliphatic carbocycles. The summed E-state index contributed by atoms with van der Waals surface area (Å²) in [5.41, 5.74) is 4.20. The Balaban J connectivity index is 1.34. The number of carbonyl (C=O) groups is 3. The van der Waals surface area contributed by atoms with Crippen LogP contribution in [-0.2, 0) is 19.3 Å². The van der Waals surface area contributed by atoms with Crippen LogP contribution >= 0.6 is 23.5 Å². The molecule has 0 bridgehead atoms. The molecule has 0 fully saturated rings. The van der Waals surface area contributed by atoms with E-state index < -0.39 is 11.9 Å². The van der Waals surface area contributed by atoms with E-state index >= 15 is 0 Å². The zero-order valence-corrected chi connectivity index (χ0v) is 25.1. The largest absolute Gasteiger partial charge is 0.331 e. The smallest absolute Gasteiger partial charge is 0.318 e. The van der Waals surface area contributed by atoms with Crippen molar-refractivity contribution in [3.63, 3.8) is 0 Å². The Bertz CT molecular complexity index is 1510. The molecule has 0 atom stereocenters. The average molecular weight is 597 g/mol. The first-order valence-electron chi connectivity index (χ1n) is 12.9. The lowest BCUT2D eigenvalue weighted by Gasteiger charge is -2.07. The molecule has 0 heterocycles. The fraction of sp³-hybridized carbons (Fsp3) is 0.121. The summed E-state index contributed by atoms with van der Waals surface area (Å²) in [5, 5.41) is 7.62. The molecular formula is C33H28N2O5S2. The van der Waals surface area contributed by atoms with Crippen LogP contribution in [0.4, 0.5) is 0 Å². The number of rotatable bonds is 10. The topological polar surface area (TPSA) is 94.4 Å². The average Bonchev–Trinajstić information content (AvgIpc) is 3.00. The van der Waals surface area contributed by atoms with Crippen LogP contribution in [0, 0.1) is 0 Å². The van der Waals surface area contributed by atoms with Gasteiger partial charge in [0.1, 0.15) is 0 Å². The molecule has 7 nitrogen and oxygen atoms in total. The minimum atomic E-state index is -0.459. The second-order valence-corrected chi connectivity index (χ2v) is 11.4. The number of nitrogens with zero attached hydrogens (tertiary/aromatic N) is 2. The standard InChI is InChI=1S/C33H28N2O5S2/c1-21(34-39-23(3)36)25-5-13-29(14-6-25)41-31-17-9-27(10-18-31)33(38)28-11-19-32(20-12-28)42-30-15-7-26(8-16-30)22(2)35-40-24(4)37/h5-20H,1-4H3/b34-21+,35-22+. The van der Waals surface area contributed by atoms with Crippen molar-refractivity contribution in [3.05, 3.63) is 119 Å². The summed E-state index contributed by atoms with van der Waals surface area (Å²) in [6, 6.07) is 30.7. The predicted molar refractivity (Wildman–Crippen MR) is 165 cm³/mol. The zero-order chi connectivity index (χ0) is 30.1. The van der Waals surface area contributed by atoms with E-state index in [1.165, 1.54) is 13.8 Å². The lowest BCUT2D eigenvalue weighted by Crippen LogP contribution is -2.00. The minimum absolute atomic E-state index is 0.0399. The summed E-state index contributed by atoms with van der Waals surface area (Å²) in [5.74, 6) is -0.957. The first kappa shape index (κ1) is 30.5. The SMILES string of the molecule is CC(=O)O/N=C(\C)c1ccc(Sc2ccc(C(=O)c3ccc(Sc4ccc(/C(C)=N/OC(C)=O)cc4)cc3)cc2)cc1. The Kier molecular flexibility index (Phi) is 10.5. The molecule has 0 aromatic heterocycles. The van der Waals surface area contributed by atoms with Gasteiger partial charge in [0.05, 0.1) is 11.4 Å². The highest BCUT2D eigenvalue weighted by Gasteiger charge is 2.10. The lowest BCUT2D eigenvalue weighted by molar-refractivity contribution is -0.141. The molecule has 4 rings (SSSR count). The van der Waals surface area contributed by atoms with Gasteiger partial charge in [-0.2, -0.15) is 0 Å². The second kappa shape index (κ2) is 14.4. The Morgan fingerprint density at radius 3 is 0.976 bits per heavy atom. The van der Waals surface area contributed by atoms with Crippen LogP contribution in [0.5, 0.6) is 0 Å².